The van der Waals surface area contributed by atoms with Crippen molar-refractivity contribution in [3.8, 4) is 11.3 Å². The number of aromatic nitrogens is 1. The minimum atomic E-state index is -0.215. The average molecular weight is 322 g/mol. The van der Waals surface area contributed by atoms with Gasteiger partial charge in [-0.2, -0.15) is 0 Å². The Morgan fingerprint density at radius 1 is 1.08 bits per heavy atom. The summed E-state index contributed by atoms with van der Waals surface area (Å²) in [5.41, 5.74) is 1.19. The fourth-order valence-corrected chi connectivity index (χ4v) is 2.35. The van der Waals surface area contributed by atoms with Crippen molar-refractivity contribution in [2.24, 2.45) is 5.41 Å². The zero-order valence-electron chi connectivity index (χ0n) is 14.5. The Balaban J connectivity index is 1.83. The highest BCUT2D eigenvalue weighted by Crippen LogP contribution is 2.25. The minimum Gasteiger partial charge on any atom is -0.355 e. The van der Waals surface area contributed by atoms with Gasteiger partial charge in [0, 0.05) is 17.7 Å². The molecule has 0 saturated carbocycles. The smallest absolute Gasteiger partial charge is 0.273 e. The van der Waals surface area contributed by atoms with Gasteiger partial charge in [0.05, 0.1) is 0 Å². The fraction of sp³-hybridized carbons (Fsp3) is 0.300. The van der Waals surface area contributed by atoms with Crippen LogP contribution in [0.1, 0.15) is 38.2 Å². The van der Waals surface area contributed by atoms with Gasteiger partial charge in [0.2, 0.25) is 0 Å². The lowest BCUT2D eigenvalue weighted by atomic mass is 9.88. The van der Waals surface area contributed by atoms with E-state index in [2.05, 4.69) is 37.3 Å². The van der Waals surface area contributed by atoms with Gasteiger partial charge in [-0.05, 0) is 29.2 Å². The van der Waals surface area contributed by atoms with Crippen molar-refractivity contribution < 1.29 is 9.32 Å². The number of hydrogen-bond donors (Lipinski definition) is 1. The molecule has 1 heterocycles. The molecule has 4 heteroatoms. The molecular formula is C20H22N2O2. The first kappa shape index (κ1) is 16.2. The van der Waals surface area contributed by atoms with E-state index in [1.807, 2.05) is 43.3 Å². The normalized spacial score (nSPS) is 13.0. The summed E-state index contributed by atoms with van der Waals surface area (Å²) in [5.74, 6) is 0.377. The van der Waals surface area contributed by atoms with Crippen LogP contribution in [-0.2, 0) is 0 Å². The van der Waals surface area contributed by atoms with Crippen LogP contribution in [-0.4, -0.2) is 17.1 Å². The van der Waals surface area contributed by atoms with E-state index in [1.54, 1.807) is 6.07 Å². The lowest BCUT2D eigenvalue weighted by Gasteiger charge is -2.27. The van der Waals surface area contributed by atoms with Crippen molar-refractivity contribution in [2.75, 3.05) is 0 Å². The fourth-order valence-electron chi connectivity index (χ4n) is 2.35. The second-order valence-electron chi connectivity index (χ2n) is 7.20. The summed E-state index contributed by atoms with van der Waals surface area (Å²) in [7, 11) is 0. The molecule has 124 valence electrons. The monoisotopic (exact) mass is 322 g/mol. The van der Waals surface area contributed by atoms with Gasteiger partial charge in [-0.1, -0.05) is 62.3 Å². The summed E-state index contributed by atoms with van der Waals surface area (Å²) in [6.07, 6.45) is 0. The van der Waals surface area contributed by atoms with E-state index in [4.69, 9.17) is 4.52 Å². The molecule has 1 amide bonds. The second-order valence-corrected chi connectivity index (χ2v) is 7.20. The predicted molar refractivity (Wildman–Crippen MR) is 95.8 cm³/mol. The van der Waals surface area contributed by atoms with E-state index in [-0.39, 0.29) is 17.4 Å². The van der Waals surface area contributed by atoms with Gasteiger partial charge in [0.25, 0.3) is 5.91 Å². The molecule has 3 rings (SSSR count). The molecule has 0 saturated heterocycles. The Kier molecular flexibility index (Phi) is 4.14. The third kappa shape index (κ3) is 3.32. The molecule has 1 aromatic heterocycles. The van der Waals surface area contributed by atoms with Crippen LogP contribution in [0.3, 0.4) is 0 Å². The maximum absolute atomic E-state index is 12.3. The number of amides is 1. The third-order valence-corrected chi connectivity index (χ3v) is 4.42. The first-order valence-corrected chi connectivity index (χ1v) is 8.11. The van der Waals surface area contributed by atoms with E-state index in [9.17, 15) is 4.79 Å². The van der Waals surface area contributed by atoms with Crippen LogP contribution in [0.2, 0.25) is 0 Å². The van der Waals surface area contributed by atoms with E-state index in [0.29, 0.717) is 11.5 Å². The molecule has 0 aliphatic rings. The summed E-state index contributed by atoms with van der Waals surface area (Å²) >= 11 is 0. The van der Waals surface area contributed by atoms with Crippen molar-refractivity contribution in [2.45, 2.75) is 33.7 Å². The van der Waals surface area contributed by atoms with Gasteiger partial charge in [-0.15, -0.1) is 0 Å². The summed E-state index contributed by atoms with van der Waals surface area (Å²) < 4.78 is 5.38. The summed E-state index contributed by atoms with van der Waals surface area (Å²) in [6, 6.07) is 15.9. The zero-order valence-corrected chi connectivity index (χ0v) is 14.5. The molecule has 0 radical (unpaired) electrons. The standard InChI is InChI=1S/C20H22N2O2/c1-13(20(2,3)4)21-19(23)17-12-18(24-22-17)16-10-9-14-7-5-6-8-15(14)11-16/h5-13H,1-4H3,(H,21,23)/t13-/m1/s1. The van der Waals surface area contributed by atoms with Crippen molar-refractivity contribution in [3.05, 3.63) is 54.2 Å². The van der Waals surface area contributed by atoms with E-state index < -0.39 is 0 Å². The van der Waals surface area contributed by atoms with Crippen molar-refractivity contribution >= 4 is 16.7 Å². The quantitative estimate of drug-likeness (QED) is 0.763. The highest BCUT2D eigenvalue weighted by molar-refractivity contribution is 5.94. The molecule has 1 N–H and O–H groups in total. The lowest BCUT2D eigenvalue weighted by molar-refractivity contribution is 0.0901. The van der Waals surface area contributed by atoms with Crippen LogP contribution in [0.15, 0.2) is 53.1 Å². The van der Waals surface area contributed by atoms with Crippen LogP contribution in [0, 0.1) is 5.41 Å². The first-order valence-electron chi connectivity index (χ1n) is 8.11. The molecule has 24 heavy (non-hydrogen) atoms. The molecule has 2 aromatic carbocycles. The summed E-state index contributed by atoms with van der Waals surface area (Å²) in [4.78, 5) is 12.3. The molecule has 0 aliphatic carbocycles. The molecule has 4 nitrogen and oxygen atoms in total. The molecule has 0 spiro atoms. The molecule has 0 unspecified atom stereocenters. The van der Waals surface area contributed by atoms with E-state index in [0.717, 1.165) is 16.3 Å². The largest absolute Gasteiger partial charge is 0.355 e. The van der Waals surface area contributed by atoms with Gasteiger partial charge in [-0.3, -0.25) is 4.79 Å². The molecule has 0 aliphatic heterocycles. The van der Waals surface area contributed by atoms with Crippen LogP contribution in [0.5, 0.6) is 0 Å². The Morgan fingerprint density at radius 3 is 2.50 bits per heavy atom. The van der Waals surface area contributed by atoms with Gasteiger partial charge >= 0.3 is 0 Å². The zero-order chi connectivity index (χ0) is 17.3. The van der Waals surface area contributed by atoms with Crippen LogP contribution < -0.4 is 5.32 Å². The van der Waals surface area contributed by atoms with E-state index in [1.165, 1.54) is 0 Å². The first-order chi connectivity index (χ1) is 11.3. The number of carbonyl (C=O) groups excluding carboxylic acids is 1. The predicted octanol–water partition coefficient (Wildman–Crippen LogP) is 4.66. The molecule has 3 aromatic rings. The Hall–Kier alpha value is -2.62. The highest BCUT2D eigenvalue weighted by atomic mass is 16.5. The summed E-state index contributed by atoms with van der Waals surface area (Å²) in [6.45, 7) is 8.24. The van der Waals surface area contributed by atoms with Crippen LogP contribution in [0.4, 0.5) is 0 Å². The Bertz CT molecular complexity index is 874. The van der Waals surface area contributed by atoms with Gasteiger partial charge < -0.3 is 9.84 Å². The van der Waals surface area contributed by atoms with Crippen molar-refractivity contribution in [1.82, 2.24) is 10.5 Å². The van der Waals surface area contributed by atoms with Gasteiger partial charge in [0.15, 0.2) is 11.5 Å². The number of carbonyl (C=O) groups is 1. The third-order valence-electron chi connectivity index (χ3n) is 4.42. The SMILES string of the molecule is C[C@@H](NC(=O)c1cc(-c2ccc3ccccc3c2)on1)C(C)(C)C. The summed E-state index contributed by atoms with van der Waals surface area (Å²) in [5, 5.41) is 9.18. The number of fused-ring (bicyclic) bond motifs is 1. The Morgan fingerprint density at radius 2 is 1.79 bits per heavy atom. The maximum Gasteiger partial charge on any atom is 0.273 e. The van der Waals surface area contributed by atoms with Crippen molar-refractivity contribution in [1.29, 1.82) is 0 Å². The van der Waals surface area contributed by atoms with Crippen molar-refractivity contribution in [3.63, 3.8) is 0 Å². The van der Waals surface area contributed by atoms with Gasteiger partial charge in [-0.25, -0.2) is 0 Å². The van der Waals surface area contributed by atoms with Crippen LogP contribution >= 0.6 is 0 Å². The number of nitrogens with one attached hydrogen (secondary N) is 1. The topological polar surface area (TPSA) is 55.1 Å². The second kappa shape index (κ2) is 6.11. The van der Waals surface area contributed by atoms with E-state index >= 15 is 0 Å². The average Bonchev–Trinajstić information content (AvgIpc) is 3.03. The number of rotatable bonds is 3. The number of benzene rings is 2. The molecule has 0 bridgehead atoms. The Labute approximate surface area is 141 Å². The minimum absolute atomic E-state index is 0.0133. The molecular weight excluding hydrogens is 300 g/mol. The van der Waals surface area contributed by atoms with Gasteiger partial charge in [0.1, 0.15) is 0 Å². The lowest BCUT2D eigenvalue weighted by Crippen LogP contribution is -2.41. The maximum atomic E-state index is 12.3. The van der Waals surface area contributed by atoms with Crippen LogP contribution in [0.25, 0.3) is 22.1 Å². The number of nitrogens with zero attached hydrogens (tertiary/aromatic N) is 1. The highest BCUT2D eigenvalue weighted by Gasteiger charge is 2.23. The molecule has 1 atom stereocenters. The molecule has 0 fully saturated rings. The number of hydrogen-bond acceptors (Lipinski definition) is 3.